The van der Waals surface area contributed by atoms with E-state index in [9.17, 15) is 13.2 Å². The molecule has 0 aromatic rings. The van der Waals surface area contributed by atoms with E-state index in [4.69, 9.17) is 10.5 Å². The fourth-order valence-electron chi connectivity index (χ4n) is 1.38. The van der Waals surface area contributed by atoms with Crippen molar-refractivity contribution < 1.29 is 17.9 Å². The molecule has 0 aromatic heterocycles. The van der Waals surface area contributed by atoms with Crippen molar-refractivity contribution in [1.29, 1.82) is 0 Å². The highest BCUT2D eigenvalue weighted by atomic mass is 32.2. The third-order valence-corrected chi connectivity index (χ3v) is 3.29. The molecule has 0 amide bonds. The average Bonchev–Trinajstić information content (AvgIpc) is 2.25. The average molecular weight is 247 g/mol. The number of sulfone groups is 1. The van der Waals surface area contributed by atoms with Gasteiger partial charge < -0.3 is 10.5 Å². The summed E-state index contributed by atoms with van der Waals surface area (Å²) in [5.41, 5.74) is 5.62. The van der Waals surface area contributed by atoms with Crippen LogP contribution in [0.5, 0.6) is 0 Å². The van der Waals surface area contributed by atoms with Gasteiger partial charge in [0.1, 0.15) is 9.84 Å². The lowest BCUT2D eigenvalue weighted by molar-refractivity contribution is -0.120. The molecule has 16 heavy (non-hydrogen) atoms. The number of allylic oxidation sites excluding steroid dienone is 1. The van der Waals surface area contributed by atoms with Crippen LogP contribution in [0.2, 0.25) is 0 Å². The van der Waals surface area contributed by atoms with E-state index >= 15 is 0 Å². The van der Waals surface area contributed by atoms with E-state index in [1.165, 1.54) is 0 Å². The van der Waals surface area contributed by atoms with Crippen LogP contribution in [-0.2, 0) is 19.4 Å². The molecular weight excluding hydrogens is 230 g/mol. The van der Waals surface area contributed by atoms with Crippen molar-refractivity contribution in [3.05, 3.63) is 11.8 Å². The van der Waals surface area contributed by atoms with Crippen LogP contribution in [0.4, 0.5) is 0 Å². The van der Waals surface area contributed by atoms with Crippen LogP contribution in [-0.4, -0.2) is 38.9 Å². The smallest absolute Gasteiger partial charge is 0.213 e. The van der Waals surface area contributed by atoms with E-state index < -0.39 is 15.9 Å². The Morgan fingerprint density at radius 1 is 1.62 bits per heavy atom. The molecule has 0 aromatic carbocycles. The van der Waals surface area contributed by atoms with Gasteiger partial charge in [-0.2, -0.15) is 0 Å². The zero-order valence-electron chi connectivity index (χ0n) is 9.31. The molecule has 5 nitrogen and oxygen atoms in total. The van der Waals surface area contributed by atoms with Gasteiger partial charge in [0.2, 0.25) is 5.78 Å². The lowest BCUT2D eigenvalue weighted by Crippen LogP contribution is -2.34. The Labute approximate surface area is 95.6 Å². The number of nitrogens with two attached hydrogens (primary N) is 1. The van der Waals surface area contributed by atoms with Crippen molar-refractivity contribution >= 4 is 15.6 Å². The first-order valence-electron chi connectivity index (χ1n) is 5.20. The maximum absolute atomic E-state index is 11.7. The van der Waals surface area contributed by atoms with Crippen molar-refractivity contribution in [1.82, 2.24) is 0 Å². The molecule has 1 aliphatic heterocycles. The molecule has 1 atom stereocenters. The van der Waals surface area contributed by atoms with Gasteiger partial charge in [0, 0.05) is 6.26 Å². The van der Waals surface area contributed by atoms with E-state index in [0.717, 1.165) is 19.1 Å². The Hall–Kier alpha value is -0.880. The first kappa shape index (κ1) is 13.2. The van der Waals surface area contributed by atoms with Gasteiger partial charge in [0.25, 0.3) is 0 Å². The van der Waals surface area contributed by atoms with E-state index in [2.05, 4.69) is 0 Å². The second-order valence-corrected chi connectivity index (χ2v) is 6.21. The van der Waals surface area contributed by atoms with Crippen LogP contribution < -0.4 is 5.73 Å². The van der Waals surface area contributed by atoms with Gasteiger partial charge in [-0.15, -0.1) is 0 Å². The standard InChI is InChI=1S/C10H17NO4S/c1-16(13,14)7-5-8(11)10(12)9-4-2-3-6-15-9/h4,8H,2-3,5-7,11H2,1H3. The van der Waals surface area contributed by atoms with Crippen LogP contribution in [0.1, 0.15) is 19.3 Å². The van der Waals surface area contributed by atoms with Gasteiger partial charge in [-0.1, -0.05) is 0 Å². The van der Waals surface area contributed by atoms with Crippen LogP contribution in [0.3, 0.4) is 0 Å². The lowest BCUT2D eigenvalue weighted by atomic mass is 10.1. The molecule has 0 bridgehead atoms. The normalized spacial score (nSPS) is 18.5. The zero-order chi connectivity index (χ0) is 12.2. The Bertz CT molecular complexity index is 386. The van der Waals surface area contributed by atoms with Crippen LogP contribution >= 0.6 is 0 Å². The quantitative estimate of drug-likeness (QED) is 0.739. The summed E-state index contributed by atoms with van der Waals surface area (Å²) in [5.74, 6) is -0.0942. The number of carbonyl (C=O) groups is 1. The van der Waals surface area contributed by atoms with Crippen molar-refractivity contribution in [3.8, 4) is 0 Å². The predicted octanol–water partition coefficient (Wildman–Crippen LogP) is 0.0118. The maximum atomic E-state index is 11.7. The predicted molar refractivity (Wildman–Crippen MR) is 60.6 cm³/mol. The summed E-state index contributed by atoms with van der Waals surface area (Å²) in [6.07, 6.45) is 4.68. The minimum atomic E-state index is -3.08. The van der Waals surface area contributed by atoms with E-state index in [1.807, 2.05) is 0 Å². The highest BCUT2D eigenvalue weighted by Gasteiger charge is 2.22. The molecule has 1 unspecified atom stereocenters. The SMILES string of the molecule is CS(=O)(=O)CCC(N)C(=O)C1=CCCCO1. The van der Waals surface area contributed by atoms with Gasteiger partial charge in [-0.25, -0.2) is 8.42 Å². The van der Waals surface area contributed by atoms with Crippen LogP contribution in [0.15, 0.2) is 11.8 Å². The van der Waals surface area contributed by atoms with Gasteiger partial charge in [0.05, 0.1) is 18.4 Å². The molecule has 1 rings (SSSR count). The molecule has 2 N–H and O–H groups in total. The molecule has 6 heteroatoms. The number of ketones is 1. The second-order valence-electron chi connectivity index (χ2n) is 3.95. The molecule has 92 valence electrons. The Kier molecular flexibility index (Phi) is 4.49. The molecule has 0 aliphatic carbocycles. The van der Waals surface area contributed by atoms with Gasteiger partial charge in [-0.3, -0.25) is 4.79 Å². The zero-order valence-corrected chi connectivity index (χ0v) is 10.1. The molecule has 0 fully saturated rings. The Balaban J connectivity index is 2.50. The number of carbonyl (C=O) groups excluding carboxylic acids is 1. The summed E-state index contributed by atoms with van der Waals surface area (Å²) < 4.78 is 27.0. The van der Waals surface area contributed by atoms with Crippen molar-refractivity contribution in [3.63, 3.8) is 0 Å². The summed E-state index contributed by atoms with van der Waals surface area (Å²) in [6, 6.07) is -0.793. The van der Waals surface area contributed by atoms with Crippen molar-refractivity contribution in [2.24, 2.45) is 5.73 Å². The molecular formula is C10H17NO4S. The van der Waals surface area contributed by atoms with Gasteiger partial charge in [0.15, 0.2) is 5.76 Å². The first-order valence-corrected chi connectivity index (χ1v) is 7.26. The monoisotopic (exact) mass is 247 g/mol. The third-order valence-electron chi connectivity index (χ3n) is 2.32. The first-order chi connectivity index (χ1) is 7.40. The molecule has 0 spiro atoms. The van der Waals surface area contributed by atoms with Crippen molar-refractivity contribution in [2.45, 2.75) is 25.3 Å². The van der Waals surface area contributed by atoms with Crippen LogP contribution in [0, 0.1) is 0 Å². The number of hydrogen-bond acceptors (Lipinski definition) is 5. The Morgan fingerprint density at radius 2 is 2.31 bits per heavy atom. The molecule has 0 radical (unpaired) electrons. The number of Topliss-reactive ketones (excluding diaryl/α,β-unsaturated/α-hetero) is 1. The minimum absolute atomic E-state index is 0.0762. The maximum Gasteiger partial charge on any atom is 0.213 e. The number of hydrogen-bond donors (Lipinski definition) is 1. The molecule has 1 aliphatic rings. The largest absolute Gasteiger partial charge is 0.490 e. The highest BCUT2D eigenvalue weighted by molar-refractivity contribution is 7.90. The lowest BCUT2D eigenvalue weighted by Gasteiger charge is -2.17. The van der Waals surface area contributed by atoms with Crippen molar-refractivity contribution in [2.75, 3.05) is 18.6 Å². The van der Waals surface area contributed by atoms with Gasteiger partial charge >= 0.3 is 0 Å². The topological polar surface area (TPSA) is 86.5 Å². The number of rotatable bonds is 5. The minimum Gasteiger partial charge on any atom is -0.490 e. The summed E-state index contributed by atoms with van der Waals surface area (Å²) in [7, 11) is -3.08. The van der Waals surface area contributed by atoms with E-state index in [-0.39, 0.29) is 23.7 Å². The Morgan fingerprint density at radius 3 is 2.81 bits per heavy atom. The van der Waals surface area contributed by atoms with Crippen LogP contribution in [0.25, 0.3) is 0 Å². The summed E-state index contributed by atoms with van der Waals surface area (Å²) in [6.45, 7) is 0.524. The van der Waals surface area contributed by atoms with E-state index in [0.29, 0.717) is 6.61 Å². The molecule has 0 saturated carbocycles. The summed E-state index contributed by atoms with van der Waals surface area (Å²) >= 11 is 0. The van der Waals surface area contributed by atoms with E-state index in [1.54, 1.807) is 6.08 Å². The van der Waals surface area contributed by atoms with Gasteiger partial charge in [-0.05, 0) is 25.3 Å². The third kappa shape index (κ3) is 4.32. The molecule has 1 heterocycles. The summed E-state index contributed by atoms with van der Waals surface area (Å²) in [5, 5.41) is 0. The molecule has 0 saturated heterocycles. The number of ether oxygens (including phenoxy) is 1. The second kappa shape index (κ2) is 5.45. The summed E-state index contributed by atoms with van der Waals surface area (Å²) in [4.78, 5) is 11.7. The fourth-order valence-corrected chi connectivity index (χ4v) is 2.07. The fraction of sp³-hybridized carbons (Fsp3) is 0.700. The highest BCUT2D eigenvalue weighted by Crippen LogP contribution is 2.13.